The first-order chi connectivity index (χ1) is 8.67. The number of aromatic amines is 1. The average molecular weight is 261 g/mol. The second-order valence-electron chi connectivity index (χ2n) is 3.55. The molecule has 0 radical (unpaired) electrons. The number of nitrogens with one attached hydrogen (secondary N) is 2. The number of aryl methyl sites for hydroxylation is 1. The molecule has 2 aromatic heterocycles. The zero-order valence-electron chi connectivity index (χ0n) is 9.65. The topological polar surface area (TPSA) is 108 Å². The van der Waals surface area contributed by atoms with Gasteiger partial charge in [-0.15, -0.1) is 11.3 Å². The number of carbonyl (C=O) groups is 1. The fourth-order valence-electron chi connectivity index (χ4n) is 1.49. The van der Waals surface area contributed by atoms with Gasteiger partial charge in [0.15, 0.2) is 5.69 Å². The number of hydrogen-bond donors (Lipinski definition) is 3. The number of rotatable bonds is 3. The Labute approximate surface area is 107 Å². The molecule has 0 spiro atoms. The van der Waals surface area contributed by atoms with E-state index in [-0.39, 0.29) is 5.69 Å². The molecule has 0 aromatic carbocycles. The standard InChI is InChI=1S/C11H11N5OS/c1-2-7-8(13)9(16-15-7)10(17)14-11-6(5-12)3-4-18-11/h3-4H,2,13H2,1H3,(H,14,17)(H,15,16). The SMILES string of the molecule is CCc1[nH]nc(C(=O)Nc2sccc2C#N)c1N. The van der Waals surface area contributed by atoms with Crippen molar-refractivity contribution in [1.29, 1.82) is 5.26 Å². The summed E-state index contributed by atoms with van der Waals surface area (Å²) in [6, 6.07) is 3.64. The van der Waals surface area contributed by atoms with E-state index in [1.807, 2.05) is 13.0 Å². The largest absolute Gasteiger partial charge is 0.395 e. The van der Waals surface area contributed by atoms with Crippen LogP contribution in [0.2, 0.25) is 0 Å². The highest BCUT2D eigenvalue weighted by atomic mass is 32.1. The van der Waals surface area contributed by atoms with Crippen molar-refractivity contribution in [3.63, 3.8) is 0 Å². The maximum atomic E-state index is 12.0. The number of nitrogen functional groups attached to an aromatic ring is 1. The minimum atomic E-state index is -0.414. The van der Waals surface area contributed by atoms with Crippen molar-refractivity contribution in [1.82, 2.24) is 10.2 Å². The summed E-state index contributed by atoms with van der Waals surface area (Å²) < 4.78 is 0. The molecule has 1 amide bonds. The number of nitrogens with two attached hydrogens (primary N) is 1. The van der Waals surface area contributed by atoms with Crippen molar-refractivity contribution in [2.45, 2.75) is 13.3 Å². The van der Waals surface area contributed by atoms with Gasteiger partial charge in [-0.05, 0) is 17.9 Å². The smallest absolute Gasteiger partial charge is 0.278 e. The lowest BCUT2D eigenvalue weighted by Crippen LogP contribution is -2.14. The van der Waals surface area contributed by atoms with Gasteiger partial charge in [-0.25, -0.2) is 0 Å². The molecular weight excluding hydrogens is 250 g/mol. The molecule has 2 heterocycles. The van der Waals surface area contributed by atoms with E-state index in [1.54, 1.807) is 11.4 Å². The van der Waals surface area contributed by atoms with Crippen LogP contribution < -0.4 is 11.1 Å². The Morgan fingerprint density at radius 3 is 3.11 bits per heavy atom. The minimum absolute atomic E-state index is 0.157. The summed E-state index contributed by atoms with van der Waals surface area (Å²) in [4.78, 5) is 12.0. The van der Waals surface area contributed by atoms with Crippen molar-refractivity contribution >= 4 is 27.9 Å². The van der Waals surface area contributed by atoms with Gasteiger partial charge in [0.1, 0.15) is 11.1 Å². The molecule has 18 heavy (non-hydrogen) atoms. The molecule has 2 aromatic rings. The summed E-state index contributed by atoms with van der Waals surface area (Å²) >= 11 is 1.28. The Kier molecular flexibility index (Phi) is 3.30. The van der Waals surface area contributed by atoms with Crippen LogP contribution in [0.4, 0.5) is 10.7 Å². The lowest BCUT2D eigenvalue weighted by molar-refractivity contribution is 0.102. The Balaban J connectivity index is 2.23. The maximum absolute atomic E-state index is 12.0. The van der Waals surface area contributed by atoms with Crippen LogP contribution in [0, 0.1) is 11.3 Å². The second-order valence-corrected chi connectivity index (χ2v) is 4.46. The van der Waals surface area contributed by atoms with E-state index in [2.05, 4.69) is 15.5 Å². The number of thiophene rings is 1. The van der Waals surface area contributed by atoms with E-state index in [9.17, 15) is 4.79 Å². The van der Waals surface area contributed by atoms with Gasteiger partial charge in [-0.3, -0.25) is 9.89 Å². The predicted molar refractivity (Wildman–Crippen MR) is 69.4 cm³/mol. The van der Waals surface area contributed by atoms with E-state index in [0.29, 0.717) is 22.7 Å². The summed E-state index contributed by atoms with van der Waals surface area (Å²) in [6.45, 7) is 1.92. The number of nitrogens with zero attached hydrogens (tertiary/aromatic N) is 2. The van der Waals surface area contributed by atoms with Crippen LogP contribution in [0.3, 0.4) is 0 Å². The fourth-order valence-corrected chi connectivity index (χ4v) is 2.22. The van der Waals surface area contributed by atoms with Crippen LogP contribution >= 0.6 is 11.3 Å². The number of amides is 1. The van der Waals surface area contributed by atoms with Gasteiger partial charge in [-0.1, -0.05) is 6.92 Å². The average Bonchev–Trinajstić information content (AvgIpc) is 2.95. The van der Waals surface area contributed by atoms with Crippen molar-refractivity contribution in [3.8, 4) is 6.07 Å². The van der Waals surface area contributed by atoms with Crippen LogP contribution in [0.1, 0.15) is 28.7 Å². The van der Waals surface area contributed by atoms with Crippen molar-refractivity contribution < 1.29 is 4.79 Å². The van der Waals surface area contributed by atoms with Crippen LogP contribution in [-0.2, 0) is 6.42 Å². The van der Waals surface area contributed by atoms with Gasteiger partial charge in [0.05, 0.1) is 16.9 Å². The first-order valence-electron chi connectivity index (χ1n) is 5.29. The Bertz CT molecular complexity index is 622. The highest BCUT2D eigenvalue weighted by Gasteiger charge is 2.18. The molecule has 0 saturated carbocycles. The van der Waals surface area contributed by atoms with Crippen LogP contribution in [0.15, 0.2) is 11.4 Å². The third-order valence-corrected chi connectivity index (χ3v) is 3.29. The van der Waals surface area contributed by atoms with Crippen LogP contribution in [-0.4, -0.2) is 16.1 Å². The molecule has 2 rings (SSSR count). The van der Waals surface area contributed by atoms with E-state index in [0.717, 1.165) is 5.69 Å². The molecule has 0 atom stereocenters. The first kappa shape index (κ1) is 12.1. The van der Waals surface area contributed by atoms with E-state index in [4.69, 9.17) is 11.0 Å². The lowest BCUT2D eigenvalue weighted by Gasteiger charge is -2.01. The number of H-pyrrole nitrogens is 1. The van der Waals surface area contributed by atoms with Crippen LogP contribution in [0.25, 0.3) is 0 Å². The lowest BCUT2D eigenvalue weighted by atomic mass is 10.2. The van der Waals surface area contributed by atoms with Crippen LogP contribution in [0.5, 0.6) is 0 Å². The Morgan fingerprint density at radius 2 is 2.50 bits per heavy atom. The first-order valence-corrected chi connectivity index (χ1v) is 6.17. The molecule has 0 aliphatic rings. The molecule has 0 fully saturated rings. The molecule has 4 N–H and O–H groups in total. The van der Waals surface area contributed by atoms with Gasteiger partial charge in [0, 0.05) is 0 Å². The molecule has 7 heteroatoms. The molecule has 0 unspecified atom stereocenters. The fraction of sp³-hybridized carbons (Fsp3) is 0.182. The normalized spacial score (nSPS) is 10.0. The molecule has 0 bridgehead atoms. The minimum Gasteiger partial charge on any atom is -0.395 e. The zero-order valence-corrected chi connectivity index (χ0v) is 10.5. The van der Waals surface area contributed by atoms with Crippen molar-refractivity contribution in [3.05, 3.63) is 28.4 Å². The maximum Gasteiger partial charge on any atom is 0.278 e. The zero-order chi connectivity index (χ0) is 13.1. The summed E-state index contributed by atoms with van der Waals surface area (Å²) in [5.41, 5.74) is 7.46. The number of carbonyl (C=O) groups excluding carboxylic acids is 1. The van der Waals surface area contributed by atoms with E-state index < -0.39 is 5.91 Å². The highest BCUT2D eigenvalue weighted by molar-refractivity contribution is 7.14. The molecule has 0 aliphatic carbocycles. The summed E-state index contributed by atoms with van der Waals surface area (Å²) in [5.74, 6) is -0.414. The monoisotopic (exact) mass is 261 g/mol. The molecule has 92 valence electrons. The number of hydrogen-bond acceptors (Lipinski definition) is 5. The molecular formula is C11H11N5OS. The quantitative estimate of drug-likeness (QED) is 0.782. The van der Waals surface area contributed by atoms with Crippen molar-refractivity contribution in [2.75, 3.05) is 11.1 Å². The molecule has 6 nitrogen and oxygen atoms in total. The van der Waals surface area contributed by atoms with Gasteiger partial charge in [0.2, 0.25) is 0 Å². The third kappa shape index (κ3) is 2.06. The van der Waals surface area contributed by atoms with Gasteiger partial charge in [-0.2, -0.15) is 10.4 Å². The molecule has 0 aliphatic heterocycles. The highest BCUT2D eigenvalue weighted by Crippen LogP contribution is 2.24. The Hall–Kier alpha value is -2.33. The van der Waals surface area contributed by atoms with Crippen molar-refractivity contribution in [2.24, 2.45) is 0 Å². The van der Waals surface area contributed by atoms with E-state index in [1.165, 1.54) is 11.3 Å². The van der Waals surface area contributed by atoms with Gasteiger partial charge < -0.3 is 11.1 Å². The molecule has 0 saturated heterocycles. The van der Waals surface area contributed by atoms with Gasteiger partial charge >= 0.3 is 0 Å². The van der Waals surface area contributed by atoms with Gasteiger partial charge in [0.25, 0.3) is 5.91 Å². The number of aromatic nitrogens is 2. The third-order valence-electron chi connectivity index (χ3n) is 2.46. The second kappa shape index (κ2) is 4.89. The summed E-state index contributed by atoms with van der Waals surface area (Å²) in [7, 11) is 0. The Morgan fingerprint density at radius 1 is 1.72 bits per heavy atom. The number of nitriles is 1. The predicted octanol–water partition coefficient (Wildman–Crippen LogP) is 1.74. The summed E-state index contributed by atoms with van der Waals surface area (Å²) in [6.07, 6.45) is 0.675. The van der Waals surface area contributed by atoms with E-state index >= 15 is 0 Å². The summed E-state index contributed by atoms with van der Waals surface area (Å²) in [5, 5.41) is 20.3. The number of anilines is 2.